The molecule has 1 aromatic carbocycles. The molecule has 3 aromatic heterocycles. The van der Waals surface area contributed by atoms with E-state index in [9.17, 15) is 8.42 Å². The zero-order valence-electron chi connectivity index (χ0n) is 15.9. The van der Waals surface area contributed by atoms with Gasteiger partial charge in [0, 0.05) is 42.2 Å². The predicted octanol–water partition coefficient (Wildman–Crippen LogP) is 3.18. The topological polar surface area (TPSA) is 123 Å². The number of sulfonamides is 1. The van der Waals surface area contributed by atoms with E-state index in [1.54, 1.807) is 49.8 Å². The number of benzene rings is 1. The van der Waals surface area contributed by atoms with Gasteiger partial charge in [0.25, 0.3) is 10.0 Å². The highest BCUT2D eigenvalue weighted by Gasteiger charge is 2.18. The Kier molecular flexibility index (Phi) is 5.31. The number of rotatable bonds is 6. The van der Waals surface area contributed by atoms with Gasteiger partial charge in [0.15, 0.2) is 0 Å². The van der Waals surface area contributed by atoms with Crippen LogP contribution in [0.1, 0.15) is 5.56 Å². The van der Waals surface area contributed by atoms with Gasteiger partial charge >= 0.3 is 0 Å². The Morgan fingerprint density at radius 2 is 1.57 bits per heavy atom. The van der Waals surface area contributed by atoms with Gasteiger partial charge in [-0.25, -0.2) is 33.1 Å². The van der Waals surface area contributed by atoms with Crippen molar-refractivity contribution in [1.29, 1.82) is 0 Å². The second kappa shape index (κ2) is 8.21. The minimum absolute atomic E-state index is 0.0143. The average Bonchev–Trinajstić information content (AvgIpc) is 2.75. The summed E-state index contributed by atoms with van der Waals surface area (Å²) in [6.07, 6.45) is 7.97. The molecule has 4 rings (SSSR count). The van der Waals surface area contributed by atoms with Crippen LogP contribution in [0, 0.1) is 6.92 Å². The number of nitrogens with zero attached hydrogens (tertiary/aromatic N) is 5. The van der Waals surface area contributed by atoms with Crippen LogP contribution in [0.4, 0.5) is 17.6 Å². The summed E-state index contributed by atoms with van der Waals surface area (Å²) in [5.74, 6) is 0.413. The minimum atomic E-state index is -3.82. The zero-order chi connectivity index (χ0) is 21.0. The number of aryl methyl sites for hydroxylation is 1. The Bertz CT molecular complexity index is 1270. The van der Waals surface area contributed by atoms with Crippen LogP contribution in [0.25, 0.3) is 11.3 Å². The highest BCUT2D eigenvalue weighted by atomic mass is 32.2. The van der Waals surface area contributed by atoms with E-state index in [1.807, 2.05) is 12.1 Å². The normalized spacial score (nSPS) is 11.1. The van der Waals surface area contributed by atoms with Gasteiger partial charge in [-0.1, -0.05) is 0 Å². The fourth-order valence-corrected chi connectivity index (χ4v) is 3.97. The van der Waals surface area contributed by atoms with Crippen molar-refractivity contribution in [3.63, 3.8) is 0 Å². The molecule has 0 aliphatic heterocycles. The van der Waals surface area contributed by atoms with E-state index in [0.717, 1.165) is 11.3 Å². The second-order valence-electron chi connectivity index (χ2n) is 6.28. The first kappa shape index (κ1) is 19.4. The van der Waals surface area contributed by atoms with Gasteiger partial charge in [0.05, 0.1) is 10.6 Å². The van der Waals surface area contributed by atoms with Crippen molar-refractivity contribution >= 4 is 27.6 Å². The van der Waals surface area contributed by atoms with Crippen molar-refractivity contribution in [2.24, 2.45) is 0 Å². The summed E-state index contributed by atoms with van der Waals surface area (Å²) in [4.78, 5) is 20.6. The van der Waals surface area contributed by atoms with Crippen LogP contribution in [0.5, 0.6) is 0 Å². The van der Waals surface area contributed by atoms with Crippen molar-refractivity contribution in [2.75, 3.05) is 10.0 Å². The lowest BCUT2D eigenvalue weighted by Crippen LogP contribution is -2.16. The maximum atomic E-state index is 12.7. The molecule has 0 saturated carbocycles. The van der Waals surface area contributed by atoms with Crippen LogP contribution in [-0.4, -0.2) is 33.3 Å². The lowest BCUT2D eigenvalue weighted by atomic mass is 10.2. The third-order valence-corrected chi connectivity index (χ3v) is 5.63. The molecule has 10 heteroatoms. The molecular formula is C20H17N7O2S. The molecule has 150 valence electrons. The van der Waals surface area contributed by atoms with Gasteiger partial charge in [-0.2, -0.15) is 0 Å². The van der Waals surface area contributed by atoms with E-state index < -0.39 is 10.0 Å². The van der Waals surface area contributed by atoms with Gasteiger partial charge < -0.3 is 5.32 Å². The molecule has 0 bridgehead atoms. The molecule has 0 fully saturated rings. The lowest BCUT2D eigenvalue weighted by Gasteiger charge is -2.11. The van der Waals surface area contributed by atoms with Gasteiger partial charge in [0.2, 0.25) is 11.9 Å². The quantitative estimate of drug-likeness (QED) is 0.488. The summed E-state index contributed by atoms with van der Waals surface area (Å²) < 4.78 is 27.7. The molecule has 4 aromatic rings. The van der Waals surface area contributed by atoms with Crippen LogP contribution in [0.3, 0.4) is 0 Å². The third kappa shape index (κ3) is 4.39. The van der Waals surface area contributed by atoms with E-state index in [0.29, 0.717) is 17.2 Å². The number of hydrogen-bond acceptors (Lipinski definition) is 8. The maximum absolute atomic E-state index is 12.7. The zero-order valence-corrected chi connectivity index (χ0v) is 16.7. The van der Waals surface area contributed by atoms with Crippen LogP contribution >= 0.6 is 0 Å². The smallest absolute Gasteiger partial charge is 0.264 e. The van der Waals surface area contributed by atoms with E-state index in [-0.39, 0.29) is 10.8 Å². The molecule has 2 N–H and O–H groups in total. The number of anilines is 3. The number of nitrogens with one attached hydrogen (secondary N) is 2. The first-order valence-electron chi connectivity index (χ1n) is 8.92. The SMILES string of the molecule is Cc1cc(Nc2nccc(-c3ccncc3)n2)ccc1S(=O)(=O)Nc1ncccn1. The van der Waals surface area contributed by atoms with E-state index in [4.69, 9.17) is 0 Å². The molecule has 30 heavy (non-hydrogen) atoms. The summed E-state index contributed by atoms with van der Waals surface area (Å²) in [5, 5.41) is 3.11. The average molecular weight is 419 g/mol. The molecule has 0 atom stereocenters. The van der Waals surface area contributed by atoms with Crippen molar-refractivity contribution < 1.29 is 8.42 Å². The Hall–Kier alpha value is -3.92. The summed E-state index contributed by atoms with van der Waals surface area (Å²) in [7, 11) is -3.82. The van der Waals surface area contributed by atoms with Crippen LogP contribution < -0.4 is 10.0 Å². The Morgan fingerprint density at radius 1 is 0.833 bits per heavy atom. The van der Waals surface area contributed by atoms with Gasteiger partial charge in [0.1, 0.15) is 0 Å². The molecule has 9 nitrogen and oxygen atoms in total. The maximum Gasteiger partial charge on any atom is 0.264 e. The van der Waals surface area contributed by atoms with Crippen molar-refractivity contribution in [2.45, 2.75) is 11.8 Å². The largest absolute Gasteiger partial charge is 0.324 e. The second-order valence-corrected chi connectivity index (χ2v) is 7.94. The fraction of sp³-hybridized carbons (Fsp3) is 0.0500. The van der Waals surface area contributed by atoms with Gasteiger partial charge in [-0.15, -0.1) is 0 Å². The number of pyridine rings is 1. The summed E-state index contributed by atoms with van der Waals surface area (Å²) in [6, 6.07) is 12.0. The first-order chi connectivity index (χ1) is 14.5. The van der Waals surface area contributed by atoms with E-state index >= 15 is 0 Å². The van der Waals surface area contributed by atoms with Crippen LogP contribution in [0.15, 0.2) is 78.3 Å². The monoisotopic (exact) mass is 419 g/mol. The number of hydrogen-bond donors (Lipinski definition) is 2. The highest BCUT2D eigenvalue weighted by Crippen LogP contribution is 2.24. The van der Waals surface area contributed by atoms with Crippen molar-refractivity contribution in [3.05, 3.63) is 79.0 Å². The molecule has 0 aliphatic rings. The highest BCUT2D eigenvalue weighted by molar-refractivity contribution is 7.92. The van der Waals surface area contributed by atoms with E-state index in [2.05, 4.69) is 35.0 Å². The lowest BCUT2D eigenvalue weighted by molar-refractivity contribution is 0.600. The molecule has 3 heterocycles. The Morgan fingerprint density at radius 3 is 2.30 bits per heavy atom. The third-order valence-electron chi connectivity index (χ3n) is 4.14. The molecule has 0 aliphatic carbocycles. The number of aromatic nitrogens is 5. The Labute approximate surface area is 173 Å². The summed E-state index contributed by atoms with van der Waals surface area (Å²) in [6.45, 7) is 1.71. The van der Waals surface area contributed by atoms with Gasteiger partial charge in [-0.3, -0.25) is 4.98 Å². The minimum Gasteiger partial charge on any atom is -0.324 e. The summed E-state index contributed by atoms with van der Waals surface area (Å²) in [5.41, 5.74) is 2.88. The predicted molar refractivity (Wildman–Crippen MR) is 113 cm³/mol. The fourth-order valence-electron chi connectivity index (χ4n) is 2.79. The summed E-state index contributed by atoms with van der Waals surface area (Å²) >= 11 is 0. The van der Waals surface area contributed by atoms with Crippen molar-refractivity contribution in [3.8, 4) is 11.3 Å². The molecule has 0 radical (unpaired) electrons. The van der Waals surface area contributed by atoms with E-state index in [1.165, 1.54) is 18.5 Å². The molecule has 0 spiro atoms. The Balaban J connectivity index is 1.55. The first-order valence-corrected chi connectivity index (χ1v) is 10.4. The molecule has 0 unspecified atom stereocenters. The van der Waals surface area contributed by atoms with Crippen molar-refractivity contribution in [1.82, 2.24) is 24.9 Å². The van der Waals surface area contributed by atoms with Crippen LogP contribution in [0.2, 0.25) is 0 Å². The molecular weight excluding hydrogens is 402 g/mol. The molecule has 0 saturated heterocycles. The molecule has 0 amide bonds. The van der Waals surface area contributed by atoms with Crippen LogP contribution in [-0.2, 0) is 10.0 Å². The standard InChI is InChI=1S/C20H17N7O2S/c1-14-13-16(3-4-18(14)30(28,29)27-19-22-8-2-9-23-19)25-20-24-12-7-17(26-20)15-5-10-21-11-6-15/h2-13H,1H3,(H,22,23,27)(H,24,25,26). The van der Waals surface area contributed by atoms with Gasteiger partial charge in [-0.05, 0) is 55.0 Å².